The molecule has 2 N–H and O–H groups in total. The van der Waals surface area contributed by atoms with E-state index in [2.05, 4.69) is 20.3 Å². The number of nitrogens with one attached hydrogen (secondary N) is 2. The van der Waals surface area contributed by atoms with Gasteiger partial charge in [-0.2, -0.15) is 4.98 Å². The number of thioether (sulfide) groups is 1. The Kier molecular flexibility index (Phi) is 6.75. The third kappa shape index (κ3) is 5.05. The first kappa shape index (κ1) is 19.9. The zero-order valence-electron chi connectivity index (χ0n) is 14.6. The lowest BCUT2D eigenvalue weighted by atomic mass is 10.4. The van der Waals surface area contributed by atoms with Gasteiger partial charge in [-0.05, 0) is 20.8 Å². The largest absolute Gasteiger partial charge is 0.481 e. The molecule has 0 aliphatic rings. The second-order valence-electron chi connectivity index (χ2n) is 5.00. The van der Waals surface area contributed by atoms with E-state index in [-0.39, 0.29) is 29.1 Å². The topological polar surface area (TPSA) is 123 Å². The van der Waals surface area contributed by atoms with Gasteiger partial charge in [-0.3, -0.25) is 9.59 Å². The second kappa shape index (κ2) is 8.81. The van der Waals surface area contributed by atoms with Crippen molar-refractivity contribution in [2.75, 3.05) is 19.0 Å². The number of methoxy groups -OCH3 is 1. The van der Waals surface area contributed by atoms with Crippen LogP contribution in [0.3, 0.4) is 0 Å². The number of carbonyl (C=O) groups excluding carboxylic acids is 2. The normalized spacial score (nSPS) is 11.7. The highest BCUT2D eigenvalue weighted by molar-refractivity contribution is 8.00. The summed E-state index contributed by atoms with van der Waals surface area (Å²) in [6.45, 7) is 5.30. The van der Waals surface area contributed by atoms with Gasteiger partial charge in [-0.25, -0.2) is 9.78 Å². The molecule has 2 heterocycles. The van der Waals surface area contributed by atoms with Crippen LogP contribution < -0.4 is 15.6 Å². The molecule has 9 nitrogen and oxygen atoms in total. The quantitative estimate of drug-likeness (QED) is 0.411. The third-order valence-corrected chi connectivity index (χ3v) is 5.09. The molecular weight excluding hydrogens is 380 g/mol. The molecule has 2 aromatic heterocycles. The van der Waals surface area contributed by atoms with Gasteiger partial charge in [0.2, 0.25) is 11.8 Å². The minimum absolute atomic E-state index is 0.165. The zero-order valence-corrected chi connectivity index (χ0v) is 16.2. The molecule has 0 aromatic carbocycles. The number of thiazole rings is 1. The average molecular weight is 398 g/mol. The summed E-state index contributed by atoms with van der Waals surface area (Å²) in [7, 11) is 1.40. The van der Waals surface area contributed by atoms with Crippen LogP contribution in [0.5, 0.6) is 5.88 Å². The summed E-state index contributed by atoms with van der Waals surface area (Å²) >= 11 is 2.11. The van der Waals surface area contributed by atoms with Crippen molar-refractivity contribution in [3.05, 3.63) is 27.0 Å². The number of anilines is 1. The number of hydrogen-bond donors (Lipinski definition) is 2. The minimum Gasteiger partial charge on any atom is -0.481 e. The number of esters is 1. The van der Waals surface area contributed by atoms with Crippen LogP contribution in [0.1, 0.15) is 29.2 Å². The number of hydrogen-bond acceptors (Lipinski definition) is 9. The zero-order chi connectivity index (χ0) is 19.3. The smallest absolute Gasteiger partial charge is 0.350 e. The summed E-state index contributed by atoms with van der Waals surface area (Å²) in [4.78, 5) is 46.8. The molecule has 0 unspecified atom stereocenters. The predicted molar refractivity (Wildman–Crippen MR) is 98.2 cm³/mol. The highest BCUT2D eigenvalue weighted by Gasteiger charge is 2.21. The first-order chi connectivity index (χ1) is 12.3. The summed E-state index contributed by atoms with van der Waals surface area (Å²) in [6.07, 6.45) is 0. The van der Waals surface area contributed by atoms with Gasteiger partial charge < -0.3 is 19.8 Å². The molecule has 2 rings (SSSR count). The highest BCUT2D eigenvalue weighted by Crippen LogP contribution is 2.25. The molecule has 140 valence electrons. The molecule has 1 atom stereocenters. The fourth-order valence-electron chi connectivity index (χ4n) is 1.84. The van der Waals surface area contributed by atoms with Crippen molar-refractivity contribution in [2.24, 2.45) is 0 Å². The van der Waals surface area contributed by atoms with Gasteiger partial charge in [0.05, 0.1) is 30.7 Å². The standard InChI is InChI=1S/C15H18N4O5S2/c1-5-24-13(22)11-7(2)16-14(26-11)19-12(21)8(3)25-15-17-9(20)6-10(18-15)23-4/h6,8H,5H2,1-4H3,(H,16,19,21)(H,17,18,20)/t8-/m1/s1. The van der Waals surface area contributed by atoms with Gasteiger partial charge in [-0.1, -0.05) is 23.1 Å². The van der Waals surface area contributed by atoms with Crippen molar-refractivity contribution < 1.29 is 19.1 Å². The van der Waals surface area contributed by atoms with E-state index in [1.54, 1.807) is 20.8 Å². The van der Waals surface area contributed by atoms with Crippen molar-refractivity contribution in [3.63, 3.8) is 0 Å². The highest BCUT2D eigenvalue weighted by atomic mass is 32.2. The van der Waals surface area contributed by atoms with Crippen molar-refractivity contribution in [1.82, 2.24) is 15.0 Å². The van der Waals surface area contributed by atoms with E-state index in [4.69, 9.17) is 9.47 Å². The van der Waals surface area contributed by atoms with E-state index in [9.17, 15) is 14.4 Å². The molecule has 0 radical (unpaired) electrons. The Balaban J connectivity index is 2.05. The summed E-state index contributed by atoms with van der Waals surface area (Å²) in [5, 5.41) is 2.65. The van der Waals surface area contributed by atoms with Crippen LogP contribution in [-0.2, 0) is 9.53 Å². The molecule has 0 saturated heterocycles. The predicted octanol–water partition coefficient (Wildman–Crippen LogP) is 1.84. The average Bonchev–Trinajstić information content (AvgIpc) is 2.94. The number of nitrogens with zero attached hydrogens (tertiary/aromatic N) is 2. The van der Waals surface area contributed by atoms with Crippen LogP contribution in [0, 0.1) is 6.92 Å². The van der Waals surface area contributed by atoms with Gasteiger partial charge in [0.15, 0.2) is 10.3 Å². The summed E-state index contributed by atoms with van der Waals surface area (Å²) in [6, 6.07) is 1.21. The summed E-state index contributed by atoms with van der Waals surface area (Å²) in [5.41, 5.74) is 0.115. The van der Waals surface area contributed by atoms with Crippen LogP contribution in [0.25, 0.3) is 0 Å². The number of ether oxygens (including phenoxy) is 2. The van der Waals surface area contributed by atoms with E-state index >= 15 is 0 Å². The molecular formula is C15H18N4O5S2. The maximum absolute atomic E-state index is 12.3. The van der Waals surface area contributed by atoms with Gasteiger partial charge >= 0.3 is 5.97 Å². The number of aromatic amines is 1. The number of aromatic nitrogens is 3. The fourth-order valence-corrected chi connectivity index (χ4v) is 3.50. The van der Waals surface area contributed by atoms with Crippen LogP contribution in [0.4, 0.5) is 5.13 Å². The van der Waals surface area contributed by atoms with E-state index < -0.39 is 11.2 Å². The molecule has 0 fully saturated rings. The van der Waals surface area contributed by atoms with E-state index in [0.717, 1.165) is 23.1 Å². The molecule has 1 amide bonds. The number of amides is 1. The summed E-state index contributed by atoms with van der Waals surface area (Å²) in [5.74, 6) is -0.647. The Hall–Kier alpha value is -2.40. The van der Waals surface area contributed by atoms with Gasteiger partial charge in [0.1, 0.15) is 4.88 Å². The van der Waals surface area contributed by atoms with Gasteiger partial charge in [0.25, 0.3) is 5.56 Å². The molecule has 0 aliphatic heterocycles. The SMILES string of the molecule is CCOC(=O)c1sc(NC(=O)[C@@H](C)Sc2nc(OC)cc(=O)[nH]2)nc1C. The Labute approximate surface area is 157 Å². The van der Waals surface area contributed by atoms with Crippen molar-refractivity contribution >= 4 is 40.1 Å². The van der Waals surface area contributed by atoms with E-state index in [1.165, 1.54) is 13.2 Å². The lowest BCUT2D eigenvalue weighted by molar-refractivity contribution is -0.115. The Morgan fingerprint density at radius 1 is 1.42 bits per heavy atom. The van der Waals surface area contributed by atoms with Crippen molar-refractivity contribution in [3.8, 4) is 5.88 Å². The van der Waals surface area contributed by atoms with Crippen LogP contribution in [0.15, 0.2) is 16.0 Å². The number of carbonyl (C=O) groups is 2. The maximum Gasteiger partial charge on any atom is 0.350 e. The molecule has 0 bridgehead atoms. The minimum atomic E-state index is -0.569. The van der Waals surface area contributed by atoms with Crippen LogP contribution in [-0.4, -0.2) is 45.8 Å². The summed E-state index contributed by atoms with van der Waals surface area (Å²) < 4.78 is 9.88. The molecule has 11 heteroatoms. The van der Waals surface area contributed by atoms with E-state index in [0.29, 0.717) is 15.7 Å². The van der Waals surface area contributed by atoms with E-state index in [1.807, 2.05) is 0 Å². The van der Waals surface area contributed by atoms with Crippen molar-refractivity contribution in [1.29, 1.82) is 0 Å². The number of rotatable bonds is 7. The third-order valence-electron chi connectivity index (χ3n) is 3.05. The molecule has 0 aliphatic carbocycles. The van der Waals surface area contributed by atoms with Crippen LogP contribution in [0.2, 0.25) is 0 Å². The van der Waals surface area contributed by atoms with Crippen molar-refractivity contribution in [2.45, 2.75) is 31.2 Å². The van der Waals surface area contributed by atoms with Gasteiger partial charge in [0, 0.05) is 0 Å². The maximum atomic E-state index is 12.3. The molecule has 0 saturated carbocycles. The lowest BCUT2D eigenvalue weighted by Gasteiger charge is -2.10. The van der Waals surface area contributed by atoms with Crippen LogP contribution >= 0.6 is 23.1 Å². The molecule has 2 aromatic rings. The van der Waals surface area contributed by atoms with Gasteiger partial charge in [-0.15, -0.1) is 0 Å². The Morgan fingerprint density at radius 2 is 2.15 bits per heavy atom. The molecule has 26 heavy (non-hydrogen) atoms. The first-order valence-corrected chi connectivity index (χ1v) is 9.31. The monoisotopic (exact) mass is 398 g/mol. The Bertz CT molecular complexity index is 864. The fraction of sp³-hybridized carbons (Fsp3) is 0.400. The Morgan fingerprint density at radius 3 is 2.81 bits per heavy atom. The lowest BCUT2D eigenvalue weighted by Crippen LogP contribution is -2.23. The number of H-pyrrole nitrogens is 1. The first-order valence-electron chi connectivity index (χ1n) is 7.61. The second-order valence-corrected chi connectivity index (χ2v) is 7.32. The molecule has 0 spiro atoms. The number of aryl methyl sites for hydroxylation is 1.